The van der Waals surface area contributed by atoms with Gasteiger partial charge in [0.15, 0.2) is 0 Å². The molecule has 0 amide bonds. The van der Waals surface area contributed by atoms with Gasteiger partial charge >= 0.3 is 0 Å². The highest BCUT2D eigenvalue weighted by Crippen LogP contribution is 2.09. The average molecular weight is 164 g/mol. The molecule has 1 N–H and O–H groups in total. The summed E-state index contributed by atoms with van der Waals surface area (Å²) in [4.78, 5) is 0. The highest BCUT2D eigenvalue weighted by Gasteiger charge is 2.13. The van der Waals surface area contributed by atoms with E-state index in [-0.39, 0.29) is 0 Å². The molecule has 1 heteroatoms. The molecule has 0 bridgehead atoms. The molecule has 1 nitrogen and oxygen atoms in total. The van der Waals surface area contributed by atoms with Gasteiger partial charge in [-0.3, -0.25) is 0 Å². The standard InChI is InChI=1S/C11H16O/c1-5-8-11(4,12)9-7-10(3)6-2/h1,9,12H,6,8H2,2-4H3. The molecular weight excluding hydrogens is 148 g/mol. The van der Waals surface area contributed by atoms with Gasteiger partial charge in [-0.1, -0.05) is 6.92 Å². The number of hydrogen-bond acceptors (Lipinski definition) is 1. The van der Waals surface area contributed by atoms with Crippen LogP contribution in [0.25, 0.3) is 0 Å². The van der Waals surface area contributed by atoms with E-state index in [0.29, 0.717) is 6.42 Å². The third-order valence-electron chi connectivity index (χ3n) is 1.62. The summed E-state index contributed by atoms with van der Waals surface area (Å²) in [6, 6.07) is 0. The van der Waals surface area contributed by atoms with Gasteiger partial charge in [0, 0.05) is 6.42 Å². The van der Waals surface area contributed by atoms with Gasteiger partial charge in [-0.05, 0) is 31.9 Å². The average Bonchev–Trinajstić information content (AvgIpc) is 2.00. The van der Waals surface area contributed by atoms with Crippen molar-refractivity contribution < 1.29 is 5.11 Å². The lowest BCUT2D eigenvalue weighted by Crippen LogP contribution is -2.18. The molecule has 0 aromatic rings. The molecule has 66 valence electrons. The normalized spacial score (nSPS) is 13.9. The van der Waals surface area contributed by atoms with Gasteiger partial charge in [0.25, 0.3) is 0 Å². The molecule has 0 radical (unpaired) electrons. The first-order chi connectivity index (χ1) is 5.52. The molecule has 1 atom stereocenters. The van der Waals surface area contributed by atoms with E-state index in [9.17, 15) is 5.11 Å². The lowest BCUT2D eigenvalue weighted by atomic mass is 10.0. The molecule has 0 aromatic heterocycles. The number of hydrogen-bond donors (Lipinski definition) is 1. The predicted octanol–water partition coefficient (Wildman–Crippen LogP) is 2.27. The molecule has 0 heterocycles. The highest BCUT2D eigenvalue weighted by molar-refractivity contribution is 5.08. The van der Waals surface area contributed by atoms with Crippen molar-refractivity contribution in [1.82, 2.24) is 0 Å². The van der Waals surface area contributed by atoms with Gasteiger partial charge in [-0.15, -0.1) is 18.1 Å². The smallest absolute Gasteiger partial charge is 0.0981 e. The molecule has 0 aliphatic carbocycles. The van der Waals surface area contributed by atoms with E-state index in [0.717, 1.165) is 12.0 Å². The number of rotatable bonds is 3. The van der Waals surface area contributed by atoms with Crippen LogP contribution >= 0.6 is 0 Å². The molecule has 1 unspecified atom stereocenters. The van der Waals surface area contributed by atoms with Crippen molar-refractivity contribution in [3.63, 3.8) is 0 Å². The van der Waals surface area contributed by atoms with Crippen LogP contribution in [0, 0.1) is 12.3 Å². The molecule has 0 spiro atoms. The zero-order valence-corrected chi connectivity index (χ0v) is 8.02. The van der Waals surface area contributed by atoms with Crippen molar-refractivity contribution in [2.24, 2.45) is 0 Å². The zero-order valence-electron chi connectivity index (χ0n) is 8.02. The molecule has 0 aliphatic rings. The van der Waals surface area contributed by atoms with E-state index in [1.165, 1.54) is 0 Å². The third-order valence-corrected chi connectivity index (χ3v) is 1.62. The summed E-state index contributed by atoms with van der Waals surface area (Å²) >= 11 is 0. The lowest BCUT2D eigenvalue weighted by Gasteiger charge is -2.13. The van der Waals surface area contributed by atoms with Crippen molar-refractivity contribution in [2.75, 3.05) is 0 Å². The van der Waals surface area contributed by atoms with Crippen molar-refractivity contribution in [2.45, 2.75) is 39.2 Å². The van der Waals surface area contributed by atoms with Crippen LogP contribution in [0.4, 0.5) is 0 Å². The fourth-order valence-electron chi connectivity index (χ4n) is 0.638. The molecular formula is C11H16O. The first-order valence-electron chi connectivity index (χ1n) is 4.11. The summed E-state index contributed by atoms with van der Waals surface area (Å²) < 4.78 is 0. The van der Waals surface area contributed by atoms with E-state index < -0.39 is 5.60 Å². The van der Waals surface area contributed by atoms with Gasteiger partial charge in [-0.2, -0.15) is 0 Å². The number of terminal acetylenes is 1. The minimum Gasteiger partial charge on any atom is -0.384 e. The highest BCUT2D eigenvalue weighted by atomic mass is 16.3. The topological polar surface area (TPSA) is 20.2 Å². The Kier molecular flexibility index (Phi) is 4.44. The quantitative estimate of drug-likeness (QED) is 0.501. The SMILES string of the molecule is C#CCC(C)(O)C=C=C(C)CC. The van der Waals surface area contributed by atoms with Crippen molar-refractivity contribution in [3.8, 4) is 12.3 Å². The van der Waals surface area contributed by atoms with E-state index in [2.05, 4.69) is 11.7 Å². The molecule has 0 fully saturated rings. The Morgan fingerprint density at radius 3 is 2.67 bits per heavy atom. The van der Waals surface area contributed by atoms with Crippen molar-refractivity contribution in [1.29, 1.82) is 0 Å². The van der Waals surface area contributed by atoms with Gasteiger partial charge in [0.1, 0.15) is 0 Å². The molecule has 12 heavy (non-hydrogen) atoms. The summed E-state index contributed by atoms with van der Waals surface area (Å²) in [7, 11) is 0. The van der Waals surface area contributed by atoms with Gasteiger partial charge < -0.3 is 5.11 Å². The number of aliphatic hydroxyl groups is 1. The molecule has 0 saturated heterocycles. The van der Waals surface area contributed by atoms with Gasteiger partial charge in [-0.25, -0.2) is 0 Å². The van der Waals surface area contributed by atoms with Crippen molar-refractivity contribution >= 4 is 0 Å². The summed E-state index contributed by atoms with van der Waals surface area (Å²) in [5.74, 6) is 2.42. The first kappa shape index (κ1) is 11.0. The minimum atomic E-state index is -0.912. The Morgan fingerprint density at radius 2 is 2.25 bits per heavy atom. The minimum absolute atomic E-state index is 0.330. The van der Waals surface area contributed by atoms with E-state index in [1.54, 1.807) is 13.0 Å². The summed E-state index contributed by atoms with van der Waals surface area (Å²) in [5, 5.41) is 9.58. The maximum atomic E-state index is 9.58. The Bertz CT molecular complexity index is 234. The third kappa shape index (κ3) is 4.79. The van der Waals surface area contributed by atoms with Crippen molar-refractivity contribution in [3.05, 3.63) is 17.4 Å². The van der Waals surface area contributed by atoms with E-state index in [1.807, 2.05) is 13.8 Å². The van der Waals surface area contributed by atoms with Crippen LogP contribution in [-0.2, 0) is 0 Å². The largest absolute Gasteiger partial charge is 0.384 e. The van der Waals surface area contributed by atoms with E-state index in [4.69, 9.17) is 6.42 Å². The van der Waals surface area contributed by atoms with Crippen LogP contribution in [0.1, 0.15) is 33.6 Å². The van der Waals surface area contributed by atoms with Crippen LogP contribution in [0.2, 0.25) is 0 Å². The summed E-state index contributed by atoms with van der Waals surface area (Å²) in [5.41, 5.74) is 3.21. The van der Waals surface area contributed by atoms with Gasteiger partial charge in [0.2, 0.25) is 0 Å². The molecule has 0 aromatic carbocycles. The van der Waals surface area contributed by atoms with Crippen LogP contribution in [0.3, 0.4) is 0 Å². The second-order valence-electron chi connectivity index (χ2n) is 3.16. The maximum absolute atomic E-state index is 9.58. The second-order valence-corrected chi connectivity index (χ2v) is 3.16. The lowest BCUT2D eigenvalue weighted by molar-refractivity contribution is 0.118. The fourth-order valence-corrected chi connectivity index (χ4v) is 0.638. The summed E-state index contributed by atoms with van der Waals surface area (Å²) in [6.07, 6.45) is 8.00. The maximum Gasteiger partial charge on any atom is 0.0981 e. The monoisotopic (exact) mass is 164 g/mol. The predicted molar refractivity (Wildman–Crippen MR) is 51.6 cm³/mol. The first-order valence-corrected chi connectivity index (χ1v) is 4.11. The Labute approximate surface area is 74.8 Å². The molecule has 0 saturated carbocycles. The molecule has 0 aliphatic heterocycles. The summed E-state index contributed by atoms with van der Waals surface area (Å²) in [6.45, 7) is 5.71. The molecule has 0 rings (SSSR count). The Hall–Kier alpha value is -0.960. The van der Waals surface area contributed by atoms with Gasteiger partial charge in [0.05, 0.1) is 5.60 Å². The fraction of sp³-hybridized carbons (Fsp3) is 0.545. The van der Waals surface area contributed by atoms with E-state index >= 15 is 0 Å². The van der Waals surface area contributed by atoms with Crippen LogP contribution in [0.5, 0.6) is 0 Å². The van der Waals surface area contributed by atoms with Crippen LogP contribution in [0.15, 0.2) is 17.4 Å². The zero-order chi connectivity index (χ0) is 9.61. The van der Waals surface area contributed by atoms with Crippen LogP contribution in [-0.4, -0.2) is 10.7 Å². The Morgan fingerprint density at radius 1 is 1.67 bits per heavy atom. The Balaban J connectivity index is 4.43. The second kappa shape index (κ2) is 4.83. The van der Waals surface area contributed by atoms with Crippen LogP contribution < -0.4 is 0 Å².